The topological polar surface area (TPSA) is 90.9 Å². The number of rotatable bonds is 9. The van der Waals surface area contributed by atoms with Crippen molar-refractivity contribution in [3.05, 3.63) is 24.3 Å². The standard InChI is InChI=1S/C15H19N3O3S/c1-2-3-9-21-12-6-4-11(5-7-12)14-16-15(18-17-14)22-10-8-13(19)20/h4-7H,2-3,8-10H2,1H3,(H,19,20)(H,16,17,18)/p-1. The summed E-state index contributed by atoms with van der Waals surface area (Å²) in [7, 11) is 0. The van der Waals surface area contributed by atoms with Gasteiger partial charge in [-0.1, -0.05) is 25.1 Å². The number of ether oxygens (including phenoxy) is 1. The van der Waals surface area contributed by atoms with Gasteiger partial charge in [-0.25, -0.2) is 4.98 Å². The van der Waals surface area contributed by atoms with Crippen molar-refractivity contribution >= 4 is 17.7 Å². The first-order valence-electron chi connectivity index (χ1n) is 7.17. The quantitative estimate of drug-likeness (QED) is 0.560. The van der Waals surface area contributed by atoms with Crippen LogP contribution in [0.15, 0.2) is 29.4 Å². The van der Waals surface area contributed by atoms with Crippen molar-refractivity contribution in [1.82, 2.24) is 15.2 Å². The molecule has 0 unspecified atom stereocenters. The third kappa shape index (κ3) is 5.07. The number of nitrogens with zero attached hydrogens (tertiary/aromatic N) is 2. The van der Waals surface area contributed by atoms with Crippen LogP contribution in [0.4, 0.5) is 0 Å². The van der Waals surface area contributed by atoms with Crippen LogP contribution in [-0.4, -0.2) is 33.5 Å². The zero-order valence-electron chi connectivity index (χ0n) is 12.4. The molecule has 0 aliphatic rings. The second-order valence-electron chi connectivity index (χ2n) is 4.66. The summed E-state index contributed by atoms with van der Waals surface area (Å²) in [6.07, 6.45) is 2.13. The molecule has 1 aromatic heterocycles. The summed E-state index contributed by atoms with van der Waals surface area (Å²) >= 11 is 1.28. The van der Waals surface area contributed by atoms with Gasteiger partial charge in [0.2, 0.25) is 5.16 Å². The van der Waals surface area contributed by atoms with Gasteiger partial charge in [0.1, 0.15) is 5.75 Å². The lowest BCUT2D eigenvalue weighted by molar-refractivity contribution is -0.305. The van der Waals surface area contributed by atoms with Gasteiger partial charge in [-0.2, -0.15) is 0 Å². The van der Waals surface area contributed by atoms with E-state index in [1.54, 1.807) is 0 Å². The lowest BCUT2D eigenvalue weighted by Crippen LogP contribution is -2.22. The van der Waals surface area contributed by atoms with Crippen molar-refractivity contribution in [2.24, 2.45) is 0 Å². The second kappa shape index (κ2) is 8.43. The molecule has 0 atom stereocenters. The highest BCUT2D eigenvalue weighted by atomic mass is 32.2. The monoisotopic (exact) mass is 320 g/mol. The number of carbonyl (C=O) groups excluding carboxylic acids is 1. The van der Waals surface area contributed by atoms with E-state index < -0.39 is 5.97 Å². The average molecular weight is 320 g/mol. The zero-order valence-corrected chi connectivity index (χ0v) is 13.2. The molecule has 0 saturated heterocycles. The number of aromatic amines is 1. The Bertz CT molecular complexity index is 598. The molecule has 1 N–H and O–H groups in total. The van der Waals surface area contributed by atoms with E-state index in [0.717, 1.165) is 30.8 Å². The molecule has 0 fully saturated rings. The number of hydrogen-bond donors (Lipinski definition) is 1. The van der Waals surface area contributed by atoms with E-state index in [9.17, 15) is 9.90 Å². The van der Waals surface area contributed by atoms with Gasteiger partial charge in [-0.05, 0) is 37.1 Å². The van der Waals surface area contributed by atoms with E-state index in [0.29, 0.717) is 16.7 Å². The minimum atomic E-state index is -1.07. The van der Waals surface area contributed by atoms with Gasteiger partial charge in [0.05, 0.1) is 6.61 Å². The van der Waals surface area contributed by atoms with Crippen LogP contribution in [0.5, 0.6) is 5.75 Å². The Morgan fingerprint density at radius 3 is 2.82 bits per heavy atom. The predicted octanol–water partition coefficient (Wildman–Crippen LogP) is 1.88. The minimum absolute atomic E-state index is 0.0155. The second-order valence-corrected chi connectivity index (χ2v) is 5.73. The molecule has 118 valence electrons. The first-order valence-corrected chi connectivity index (χ1v) is 8.16. The van der Waals surface area contributed by atoms with Crippen LogP contribution >= 0.6 is 11.8 Å². The molecular weight excluding hydrogens is 302 g/mol. The van der Waals surface area contributed by atoms with Crippen LogP contribution in [0.2, 0.25) is 0 Å². The Hall–Kier alpha value is -2.02. The van der Waals surface area contributed by atoms with Crippen LogP contribution < -0.4 is 9.84 Å². The summed E-state index contributed by atoms with van der Waals surface area (Å²) < 4.78 is 5.61. The smallest absolute Gasteiger partial charge is 0.208 e. The van der Waals surface area contributed by atoms with Crippen molar-refractivity contribution in [2.75, 3.05) is 12.4 Å². The van der Waals surface area contributed by atoms with Crippen molar-refractivity contribution in [2.45, 2.75) is 31.3 Å². The maximum Gasteiger partial charge on any atom is 0.208 e. The van der Waals surface area contributed by atoms with E-state index in [1.165, 1.54) is 11.8 Å². The van der Waals surface area contributed by atoms with Gasteiger partial charge in [0, 0.05) is 17.3 Å². The summed E-state index contributed by atoms with van der Waals surface area (Å²) in [6, 6.07) is 7.63. The van der Waals surface area contributed by atoms with E-state index in [1.807, 2.05) is 24.3 Å². The SMILES string of the molecule is CCCCOc1ccc(-c2nc(SCCC(=O)[O-])n[nH]2)cc1. The number of aromatic nitrogens is 3. The maximum atomic E-state index is 10.4. The van der Waals surface area contributed by atoms with Gasteiger partial charge in [-0.15, -0.1) is 5.10 Å². The first kappa shape index (κ1) is 16.4. The number of benzene rings is 1. The molecule has 1 aromatic carbocycles. The van der Waals surface area contributed by atoms with Crippen molar-refractivity contribution in [1.29, 1.82) is 0 Å². The number of nitrogens with one attached hydrogen (secondary N) is 1. The highest BCUT2D eigenvalue weighted by molar-refractivity contribution is 7.99. The van der Waals surface area contributed by atoms with Crippen LogP contribution in [0.25, 0.3) is 11.4 Å². The first-order chi connectivity index (χ1) is 10.7. The summed E-state index contributed by atoms with van der Waals surface area (Å²) in [4.78, 5) is 14.7. The van der Waals surface area contributed by atoms with Crippen molar-refractivity contribution < 1.29 is 14.6 Å². The highest BCUT2D eigenvalue weighted by Crippen LogP contribution is 2.22. The van der Waals surface area contributed by atoms with Gasteiger partial charge in [0.25, 0.3) is 0 Å². The Labute approximate surface area is 133 Å². The lowest BCUT2D eigenvalue weighted by atomic mass is 10.2. The maximum absolute atomic E-state index is 10.4. The van der Waals surface area contributed by atoms with E-state index in [4.69, 9.17) is 4.74 Å². The Kier molecular flexibility index (Phi) is 6.27. The third-order valence-electron chi connectivity index (χ3n) is 2.90. The third-order valence-corrected chi connectivity index (χ3v) is 3.75. The van der Waals surface area contributed by atoms with Crippen LogP contribution in [-0.2, 0) is 4.79 Å². The van der Waals surface area contributed by atoms with Gasteiger partial charge < -0.3 is 14.6 Å². The highest BCUT2D eigenvalue weighted by Gasteiger charge is 2.06. The van der Waals surface area contributed by atoms with Gasteiger partial charge >= 0.3 is 0 Å². The molecule has 22 heavy (non-hydrogen) atoms. The number of carboxylic acid groups (broad SMARTS) is 1. The molecule has 0 saturated carbocycles. The molecular formula is C15H18N3O3S-. The van der Waals surface area contributed by atoms with E-state index >= 15 is 0 Å². The van der Waals surface area contributed by atoms with Gasteiger partial charge in [-0.3, -0.25) is 5.10 Å². The molecule has 0 aliphatic carbocycles. The number of carboxylic acids is 1. The molecule has 2 rings (SSSR count). The molecule has 0 aliphatic heterocycles. The molecule has 0 amide bonds. The summed E-state index contributed by atoms with van der Waals surface area (Å²) in [5, 5.41) is 17.8. The summed E-state index contributed by atoms with van der Waals surface area (Å²) in [5.41, 5.74) is 0.905. The Morgan fingerprint density at radius 2 is 2.14 bits per heavy atom. The lowest BCUT2D eigenvalue weighted by Gasteiger charge is -2.05. The molecule has 2 aromatic rings. The number of thioether (sulfide) groups is 1. The number of carbonyl (C=O) groups is 1. The summed E-state index contributed by atoms with van der Waals surface area (Å²) in [5.74, 6) is 0.808. The molecule has 0 bridgehead atoms. The average Bonchev–Trinajstić information content (AvgIpc) is 2.97. The van der Waals surface area contributed by atoms with Crippen LogP contribution in [0, 0.1) is 0 Å². The fraction of sp³-hybridized carbons (Fsp3) is 0.400. The zero-order chi connectivity index (χ0) is 15.8. The van der Waals surface area contributed by atoms with Gasteiger partial charge in [0.15, 0.2) is 5.82 Å². The van der Waals surface area contributed by atoms with Crippen molar-refractivity contribution in [3.63, 3.8) is 0 Å². The molecule has 6 nitrogen and oxygen atoms in total. The minimum Gasteiger partial charge on any atom is -0.550 e. The normalized spacial score (nSPS) is 10.6. The molecule has 7 heteroatoms. The Balaban J connectivity index is 1.91. The fourth-order valence-corrected chi connectivity index (χ4v) is 2.43. The molecule has 1 heterocycles. The fourth-order valence-electron chi connectivity index (χ4n) is 1.71. The predicted molar refractivity (Wildman–Crippen MR) is 82.6 cm³/mol. The molecule has 0 spiro atoms. The Morgan fingerprint density at radius 1 is 1.36 bits per heavy atom. The molecule has 0 radical (unpaired) electrons. The number of unbranched alkanes of at least 4 members (excludes halogenated alkanes) is 1. The largest absolute Gasteiger partial charge is 0.550 e. The van der Waals surface area contributed by atoms with E-state index in [-0.39, 0.29) is 6.42 Å². The van der Waals surface area contributed by atoms with Crippen LogP contribution in [0.1, 0.15) is 26.2 Å². The number of H-pyrrole nitrogens is 1. The van der Waals surface area contributed by atoms with E-state index in [2.05, 4.69) is 22.1 Å². The van der Waals surface area contributed by atoms with Crippen molar-refractivity contribution in [3.8, 4) is 17.1 Å². The summed E-state index contributed by atoms with van der Waals surface area (Å²) in [6.45, 7) is 2.84. The van der Waals surface area contributed by atoms with Crippen LogP contribution in [0.3, 0.4) is 0 Å². The number of aliphatic carboxylic acids is 1. The number of hydrogen-bond acceptors (Lipinski definition) is 6.